The Hall–Kier alpha value is -1.68. The Kier molecular flexibility index (Phi) is 3.11. The van der Waals surface area contributed by atoms with Crippen LogP contribution in [0.3, 0.4) is 0 Å². The average Bonchev–Trinajstić information content (AvgIpc) is 2.66. The van der Waals surface area contributed by atoms with Gasteiger partial charge in [-0.1, -0.05) is 30.3 Å². The lowest BCUT2D eigenvalue weighted by Crippen LogP contribution is -2.51. The molecule has 0 radical (unpaired) electrons. The number of hydrogen-bond acceptors (Lipinski definition) is 3. The van der Waals surface area contributed by atoms with Crippen LogP contribution in [0.2, 0.25) is 0 Å². The molecule has 1 N–H and O–H groups in total. The Bertz CT molecular complexity index is 499. The minimum atomic E-state index is -0.964. The van der Waals surface area contributed by atoms with Crippen LogP contribution in [0.25, 0.3) is 0 Å². The molecule has 100 valence electrons. The summed E-state index contributed by atoms with van der Waals surface area (Å²) in [6, 6.07) is 10.1. The molecule has 4 heteroatoms. The highest BCUT2D eigenvalue weighted by atomic mass is 16.4. The van der Waals surface area contributed by atoms with Crippen LogP contribution < -0.4 is 0 Å². The number of Topliss-reactive ketones (excluding diaryl/α,β-unsaturated/α-hetero) is 1. The quantitative estimate of drug-likeness (QED) is 0.839. The SMILES string of the molecule is O=C(O)C1C(=O)C[C@@H]2CC[C@H]1N2Cc1ccccc1. The van der Waals surface area contributed by atoms with Crippen molar-refractivity contribution in [2.24, 2.45) is 5.92 Å². The highest BCUT2D eigenvalue weighted by molar-refractivity contribution is 6.00. The lowest BCUT2D eigenvalue weighted by Gasteiger charge is -2.37. The van der Waals surface area contributed by atoms with Crippen LogP contribution in [0.1, 0.15) is 24.8 Å². The summed E-state index contributed by atoms with van der Waals surface area (Å²) < 4.78 is 0. The van der Waals surface area contributed by atoms with E-state index in [2.05, 4.69) is 4.90 Å². The molecule has 1 aromatic carbocycles. The molecule has 2 fully saturated rings. The molecule has 0 saturated carbocycles. The molecule has 1 unspecified atom stereocenters. The van der Waals surface area contributed by atoms with Crippen LogP contribution in [-0.4, -0.2) is 33.8 Å². The highest BCUT2D eigenvalue weighted by Gasteiger charge is 2.49. The molecular weight excluding hydrogens is 242 g/mol. The van der Waals surface area contributed by atoms with Gasteiger partial charge in [0.1, 0.15) is 11.7 Å². The number of piperidine rings is 1. The monoisotopic (exact) mass is 259 g/mol. The summed E-state index contributed by atoms with van der Waals surface area (Å²) in [5, 5.41) is 9.27. The van der Waals surface area contributed by atoms with Crippen LogP contribution in [0.15, 0.2) is 30.3 Å². The van der Waals surface area contributed by atoms with Gasteiger partial charge in [-0.2, -0.15) is 0 Å². The summed E-state index contributed by atoms with van der Waals surface area (Å²) in [6.45, 7) is 0.743. The van der Waals surface area contributed by atoms with Gasteiger partial charge in [0.05, 0.1) is 0 Å². The van der Waals surface area contributed by atoms with Crippen molar-refractivity contribution in [2.75, 3.05) is 0 Å². The second-order valence-corrected chi connectivity index (χ2v) is 5.44. The van der Waals surface area contributed by atoms with Gasteiger partial charge in [0.25, 0.3) is 0 Å². The maximum atomic E-state index is 11.9. The lowest BCUT2D eigenvalue weighted by molar-refractivity contribution is -0.151. The van der Waals surface area contributed by atoms with E-state index in [0.29, 0.717) is 6.42 Å². The summed E-state index contributed by atoms with van der Waals surface area (Å²) in [4.78, 5) is 25.4. The fraction of sp³-hybridized carbons (Fsp3) is 0.467. The van der Waals surface area contributed by atoms with Crippen molar-refractivity contribution in [2.45, 2.75) is 37.9 Å². The van der Waals surface area contributed by atoms with E-state index in [1.165, 1.54) is 5.56 Å². The molecule has 3 atom stereocenters. The second-order valence-electron chi connectivity index (χ2n) is 5.44. The van der Waals surface area contributed by atoms with Gasteiger partial charge in [-0.3, -0.25) is 14.5 Å². The zero-order valence-corrected chi connectivity index (χ0v) is 10.7. The van der Waals surface area contributed by atoms with Crippen LogP contribution >= 0.6 is 0 Å². The first-order chi connectivity index (χ1) is 9.16. The van der Waals surface area contributed by atoms with Gasteiger partial charge >= 0.3 is 5.97 Å². The fourth-order valence-corrected chi connectivity index (χ4v) is 3.46. The van der Waals surface area contributed by atoms with Crippen LogP contribution in [0, 0.1) is 5.92 Å². The van der Waals surface area contributed by atoms with Gasteiger partial charge < -0.3 is 5.11 Å². The zero-order valence-electron chi connectivity index (χ0n) is 10.7. The molecule has 4 nitrogen and oxygen atoms in total. The van der Waals surface area contributed by atoms with Gasteiger partial charge in [0, 0.05) is 25.0 Å². The summed E-state index contributed by atoms with van der Waals surface area (Å²) in [7, 11) is 0. The third-order valence-corrected chi connectivity index (χ3v) is 4.33. The number of hydrogen-bond donors (Lipinski definition) is 1. The van der Waals surface area contributed by atoms with Gasteiger partial charge in [-0.15, -0.1) is 0 Å². The topological polar surface area (TPSA) is 57.6 Å². The number of aliphatic carboxylic acids is 1. The second kappa shape index (κ2) is 4.78. The van der Waals surface area contributed by atoms with E-state index in [1.54, 1.807) is 0 Å². The van der Waals surface area contributed by atoms with Crippen molar-refractivity contribution < 1.29 is 14.7 Å². The molecule has 0 spiro atoms. The molecular formula is C15H17NO3. The summed E-state index contributed by atoms with van der Waals surface area (Å²) in [5.74, 6) is -1.89. The summed E-state index contributed by atoms with van der Waals surface area (Å²) >= 11 is 0. The van der Waals surface area contributed by atoms with E-state index in [0.717, 1.165) is 19.4 Å². The van der Waals surface area contributed by atoms with E-state index in [-0.39, 0.29) is 17.9 Å². The van der Waals surface area contributed by atoms with E-state index < -0.39 is 11.9 Å². The first-order valence-corrected chi connectivity index (χ1v) is 6.72. The average molecular weight is 259 g/mol. The fourth-order valence-electron chi connectivity index (χ4n) is 3.46. The standard InChI is InChI=1S/C15H17NO3/c17-13-8-11-6-7-12(14(13)15(18)19)16(11)9-10-4-2-1-3-5-10/h1-5,11-12,14H,6-9H2,(H,18,19)/t11-,12+,14?/m0/s1. The molecule has 0 aliphatic carbocycles. The molecule has 3 rings (SSSR count). The maximum Gasteiger partial charge on any atom is 0.315 e. The number of benzene rings is 1. The minimum absolute atomic E-state index is 0.0932. The Labute approximate surface area is 112 Å². The Morgan fingerprint density at radius 3 is 2.68 bits per heavy atom. The Morgan fingerprint density at radius 1 is 1.26 bits per heavy atom. The number of carbonyl (C=O) groups excluding carboxylic acids is 1. The van der Waals surface area contributed by atoms with Crippen molar-refractivity contribution in [1.82, 2.24) is 4.90 Å². The first kappa shape index (κ1) is 12.4. The van der Waals surface area contributed by atoms with Crippen molar-refractivity contribution in [1.29, 1.82) is 0 Å². The van der Waals surface area contributed by atoms with Gasteiger partial charge in [-0.05, 0) is 18.4 Å². The van der Waals surface area contributed by atoms with Crippen molar-refractivity contribution in [3.8, 4) is 0 Å². The van der Waals surface area contributed by atoms with Crippen molar-refractivity contribution in [3.63, 3.8) is 0 Å². The van der Waals surface area contributed by atoms with Crippen molar-refractivity contribution in [3.05, 3.63) is 35.9 Å². The smallest absolute Gasteiger partial charge is 0.315 e. The highest BCUT2D eigenvalue weighted by Crippen LogP contribution is 2.38. The molecule has 2 heterocycles. The molecule has 2 aliphatic heterocycles. The Morgan fingerprint density at radius 2 is 2.00 bits per heavy atom. The molecule has 0 aromatic heterocycles. The van der Waals surface area contributed by atoms with E-state index >= 15 is 0 Å². The molecule has 2 aliphatic rings. The third-order valence-electron chi connectivity index (χ3n) is 4.33. The Balaban J connectivity index is 1.83. The molecule has 2 saturated heterocycles. The number of carboxylic acids is 1. The van der Waals surface area contributed by atoms with Gasteiger partial charge in [-0.25, -0.2) is 0 Å². The van der Waals surface area contributed by atoms with Crippen LogP contribution in [0.5, 0.6) is 0 Å². The lowest BCUT2D eigenvalue weighted by atomic mass is 9.88. The zero-order chi connectivity index (χ0) is 13.4. The van der Waals surface area contributed by atoms with Gasteiger partial charge in [0.15, 0.2) is 0 Å². The van der Waals surface area contributed by atoms with Crippen LogP contribution in [-0.2, 0) is 16.1 Å². The maximum absolute atomic E-state index is 11.9. The summed E-state index contributed by atoms with van der Waals surface area (Å²) in [6.07, 6.45) is 2.15. The first-order valence-electron chi connectivity index (χ1n) is 6.72. The number of rotatable bonds is 3. The number of ketones is 1. The largest absolute Gasteiger partial charge is 0.481 e. The molecule has 0 amide bonds. The van der Waals surface area contributed by atoms with Crippen molar-refractivity contribution >= 4 is 11.8 Å². The number of nitrogens with zero attached hydrogens (tertiary/aromatic N) is 1. The normalized spacial score (nSPS) is 30.5. The predicted molar refractivity (Wildman–Crippen MR) is 69.5 cm³/mol. The third kappa shape index (κ3) is 2.16. The predicted octanol–water partition coefficient (Wildman–Crippen LogP) is 1.69. The molecule has 19 heavy (non-hydrogen) atoms. The van der Waals surface area contributed by atoms with E-state index in [1.807, 2.05) is 30.3 Å². The number of fused-ring (bicyclic) bond motifs is 2. The van der Waals surface area contributed by atoms with Crippen LogP contribution in [0.4, 0.5) is 0 Å². The van der Waals surface area contributed by atoms with Gasteiger partial charge in [0.2, 0.25) is 0 Å². The van der Waals surface area contributed by atoms with E-state index in [9.17, 15) is 14.7 Å². The van der Waals surface area contributed by atoms with E-state index in [4.69, 9.17) is 0 Å². The molecule has 1 aromatic rings. The molecule has 2 bridgehead atoms. The summed E-state index contributed by atoms with van der Waals surface area (Å²) in [5.41, 5.74) is 1.18. The number of carboxylic acid groups (broad SMARTS) is 1. The number of carbonyl (C=O) groups is 2. The minimum Gasteiger partial charge on any atom is -0.481 e.